The molecule has 144 valence electrons. The van der Waals surface area contributed by atoms with Crippen molar-refractivity contribution in [1.82, 2.24) is 5.32 Å². The number of anilines is 1. The molecular formula is C23H30N2O2. The summed E-state index contributed by atoms with van der Waals surface area (Å²) in [6.45, 7) is 8.63. The second-order valence-corrected chi connectivity index (χ2v) is 7.37. The number of hydrogen-bond acceptors (Lipinski definition) is 3. The molecular weight excluding hydrogens is 336 g/mol. The van der Waals surface area contributed by atoms with Gasteiger partial charge >= 0.3 is 0 Å². The highest BCUT2D eigenvalue weighted by atomic mass is 16.5. The van der Waals surface area contributed by atoms with Gasteiger partial charge in [-0.3, -0.25) is 4.79 Å². The van der Waals surface area contributed by atoms with Gasteiger partial charge in [0.15, 0.2) is 6.10 Å². The number of aryl methyl sites for hydroxylation is 3. The molecule has 0 bridgehead atoms. The Morgan fingerprint density at radius 3 is 2.81 bits per heavy atom. The van der Waals surface area contributed by atoms with Crippen LogP contribution >= 0.6 is 0 Å². The lowest BCUT2D eigenvalue weighted by molar-refractivity contribution is -0.127. The predicted molar refractivity (Wildman–Crippen MR) is 111 cm³/mol. The third-order valence-electron chi connectivity index (χ3n) is 5.27. The van der Waals surface area contributed by atoms with Gasteiger partial charge in [-0.25, -0.2) is 0 Å². The van der Waals surface area contributed by atoms with Gasteiger partial charge in [0.1, 0.15) is 5.75 Å². The van der Waals surface area contributed by atoms with E-state index in [2.05, 4.69) is 41.4 Å². The van der Waals surface area contributed by atoms with Crippen molar-refractivity contribution in [3.8, 4) is 5.75 Å². The van der Waals surface area contributed by atoms with Gasteiger partial charge in [0.05, 0.1) is 0 Å². The van der Waals surface area contributed by atoms with Gasteiger partial charge in [0.2, 0.25) is 0 Å². The van der Waals surface area contributed by atoms with Crippen LogP contribution in [0.5, 0.6) is 5.75 Å². The molecule has 0 radical (unpaired) electrons. The second kappa shape index (κ2) is 8.94. The van der Waals surface area contributed by atoms with Gasteiger partial charge in [-0.05, 0) is 74.9 Å². The zero-order valence-electron chi connectivity index (χ0n) is 16.6. The summed E-state index contributed by atoms with van der Waals surface area (Å²) in [5.41, 5.74) is 5.17. The van der Waals surface area contributed by atoms with E-state index in [0.29, 0.717) is 6.54 Å². The first-order valence-corrected chi connectivity index (χ1v) is 9.89. The summed E-state index contributed by atoms with van der Waals surface area (Å²) < 4.78 is 5.78. The fourth-order valence-corrected chi connectivity index (χ4v) is 3.51. The average molecular weight is 367 g/mol. The molecule has 0 fully saturated rings. The summed E-state index contributed by atoms with van der Waals surface area (Å²) in [5, 5.41) is 3.00. The number of rotatable bonds is 7. The van der Waals surface area contributed by atoms with Crippen molar-refractivity contribution >= 4 is 11.6 Å². The summed E-state index contributed by atoms with van der Waals surface area (Å²) in [6, 6.07) is 14.5. The molecule has 4 heteroatoms. The Morgan fingerprint density at radius 1 is 1.19 bits per heavy atom. The first-order chi connectivity index (χ1) is 13.0. The molecule has 1 aliphatic rings. The highest BCUT2D eigenvalue weighted by molar-refractivity contribution is 5.80. The molecule has 0 spiro atoms. The quantitative estimate of drug-likeness (QED) is 0.752. The van der Waals surface area contributed by atoms with Crippen molar-refractivity contribution in [3.63, 3.8) is 0 Å². The standard InChI is InChI=1S/C23H30N2O2/c1-17-11-12-21(16-18(17)2)27-19(3)23(26)24-13-7-15-25-14-6-9-20-8-4-5-10-22(20)25/h4-5,8,10-12,16,19H,6-7,9,13-15H2,1-3H3,(H,24,26)/t19-/m1/s1. The van der Waals surface area contributed by atoms with Crippen LogP contribution in [0.4, 0.5) is 5.69 Å². The molecule has 27 heavy (non-hydrogen) atoms. The molecule has 1 amide bonds. The Kier molecular flexibility index (Phi) is 6.38. The van der Waals surface area contributed by atoms with Gasteiger partial charge in [-0.2, -0.15) is 0 Å². The van der Waals surface area contributed by atoms with Crippen molar-refractivity contribution in [2.24, 2.45) is 0 Å². The number of carbonyl (C=O) groups is 1. The summed E-state index contributed by atoms with van der Waals surface area (Å²) in [7, 11) is 0. The van der Waals surface area contributed by atoms with Crippen molar-refractivity contribution < 1.29 is 9.53 Å². The highest BCUT2D eigenvalue weighted by Crippen LogP contribution is 2.26. The van der Waals surface area contributed by atoms with Crippen molar-refractivity contribution in [1.29, 1.82) is 0 Å². The number of hydrogen-bond donors (Lipinski definition) is 1. The van der Waals surface area contributed by atoms with Crippen LogP contribution in [-0.4, -0.2) is 31.6 Å². The Balaban J connectivity index is 1.42. The number of para-hydroxylation sites is 1. The molecule has 1 aliphatic heterocycles. The van der Waals surface area contributed by atoms with Crippen LogP contribution in [0.1, 0.15) is 36.5 Å². The predicted octanol–water partition coefficient (Wildman–Crippen LogP) is 4.03. The zero-order valence-corrected chi connectivity index (χ0v) is 16.6. The maximum Gasteiger partial charge on any atom is 0.260 e. The SMILES string of the molecule is Cc1ccc(O[C@H](C)C(=O)NCCCN2CCCc3ccccc32)cc1C. The first-order valence-electron chi connectivity index (χ1n) is 9.89. The maximum absolute atomic E-state index is 12.3. The summed E-state index contributed by atoms with van der Waals surface area (Å²) >= 11 is 0. The lowest BCUT2D eigenvalue weighted by Crippen LogP contribution is -2.38. The highest BCUT2D eigenvalue weighted by Gasteiger charge is 2.17. The first kappa shape index (κ1) is 19.3. The number of fused-ring (bicyclic) bond motifs is 1. The van der Waals surface area contributed by atoms with E-state index in [1.54, 1.807) is 6.92 Å². The summed E-state index contributed by atoms with van der Waals surface area (Å²) in [5.74, 6) is 0.679. The van der Waals surface area contributed by atoms with Gasteiger partial charge in [0.25, 0.3) is 5.91 Å². The van der Waals surface area contributed by atoms with Gasteiger partial charge in [-0.1, -0.05) is 24.3 Å². The maximum atomic E-state index is 12.3. The fourth-order valence-electron chi connectivity index (χ4n) is 3.51. The molecule has 1 atom stereocenters. The Labute approximate surface area is 162 Å². The molecule has 3 rings (SSSR count). The average Bonchev–Trinajstić information content (AvgIpc) is 2.68. The van der Waals surface area contributed by atoms with E-state index in [-0.39, 0.29) is 5.91 Å². The van der Waals surface area contributed by atoms with Crippen LogP contribution in [0, 0.1) is 13.8 Å². The van der Waals surface area contributed by atoms with Crippen LogP contribution in [0.15, 0.2) is 42.5 Å². The van der Waals surface area contributed by atoms with E-state index >= 15 is 0 Å². The lowest BCUT2D eigenvalue weighted by atomic mass is 10.0. The van der Waals surface area contributed by atoms with Crippen LogP contribution < -0.4 is 15.0 Å². The molecule has 2 aromatic rings. The van der Waals surface area contributed by atoms with Crippen molar-refractivity contribution in [2.45, 2.75) is 46.1 Å². The fraction of sp³-hybridized carbons (Fsp3) is 0.435. The molecule has 0 aliphatic carbocycles. The molecule has 2 aromatic carbocycles. The number of benzene rings is 2. The van der Waals surface area contributed by atoms with E-state index in [1.807, 2.05) is 25.1 Å². The molecule has 1 N–H and O–H groups in total. The Hall–Kier alpha value is -2.49. The van der Waals surface area contributed by atoms with Crippen LogP contribution in [0.2, 0.25) is 0 Å². The molecule has 0 saturated carbocycles. The summed E-state index contributed by atoms with van der Waals surface area (Å²) in [4.78, 5) is 14.7. The molecule has 1 heterocycles. The minimum atomic E-state index is -0.497. The Bertz CT molecular complexity index is 788. The number of amides is 1. The largest absolute Gasteiger partial charge is 0.481 e. The van der Waals surface area contributed by atoms with Crippen LogP contribution in [-0.2, 0) is 11.2 Å². The van der Waals surface area contributed by atoms with Crippen LogP contribution in [0.25, 0.3) is 0 Å². The van der Waals surface area contributed by atoms with E-state index in [9.17, 15) is 4.79 Å². The van der Waals surface area contributed by atoms with Gasteiger partial charge in [-0.15, -0.1) is 0 Å². The normalized spacial score (nSPS) is 14.4. The van der Waals surface area contributed by atoms with Gasteiger partial charge in [0, 0.05) is 25.3 Å². The van der Waals surface area contributed by atoms with E-state index in [0.717, 1.165) is 31.7 Å². The molecule has 0 aromatic heterocycles. The number of nitrogens with one attached hydrogen (secondary N) is 1. The van der Waals surface area contributed by atoms with Crippen LogP contribution in [0.3, 0.4) is 0 Å². The van der Waals surface area contributed by atoms with E-state index in [1.165, 1.54) is 28.8 Å². The number of carbonyl (C=O) groups excluding carboxylic acids is 1. The number of ether oxygens (including phenoxy) is 1. The molecule has 0 saturated heterocycles. The zero-order chi connectivity index (χ0) is 19.2. The minimum Gasteiger partial charge on any atom is -0.481 e. The molecule has 4 nitrogen and oxygen atoms in total. The third-order valence-corrected chi connectivity index (χ3v) is 5.27. The molecule has 0 unspecified atom stereocenters. The third kappa shape index (κ3) is 5.03. The van der Waals surface area contributed by atoms with E-state index < -0.39 is 6.10 Å². The van der Waals surface area contributed by atoms with Crippen molar-refractivity contribution in [3.05, 3.63) is 59.2 Å². The smallest absolute Gasteiger partial charge is 0.260 e. The lowest BCUT2D eigenvalue weighted by Gasteiger charge is -2.31. The van der Waals surface area contributed by atoms with E-state index in [4.69, 9.17) is 4.74 Å². The minimum absolute atomic E-state index is 0.0627. The van der Waals surface area contributed by atoms with Gasteiger partial charge < -0.3 is 15.0 Å². The van der Waals surface area contributed by atoms with Crippen molar-refractivity contribution in [2.75, 3.05) is 24.5 Å². The topological polar surface area (TPSA) is 41.6 Å². The second-order valence-electron chi connectivity index (χ2n) is 7.37. The monoisotopic (exact) mass is 366 g/mol. The number of nitrogens with zero attached hydrogens (tertiary/aromatic N) is 1. The Morgan fingerprint density at radius 2 is 2.00 bits per heavy atom. The summed E-state index contributed by atoms with van der Waals surface area (Å²) in [6.07, 6.45) is 2.79.